The molecule has 0 saturated carbocycles. The highest BCUT2D eigenvalue weighted by Crippen LogP contribution is 2.28. The van der Waals surface area contributed by atoms with E-state index in [1.54, 1.807) is 4.90 Å². The molecule has 1 heterocycles. The molecule has 1 aliphatic rings. The van der Waals surface area contributed by atoms with Gasteiger partial charge in [-0.2, -0.15) is 0 Å². The number of rotatable bonds is 2. The molecule has 1 aliphatic heterocycles. The molecule has 18 heavy (non-hydrogen) atoms. The van der Waals surface area contributed by atoms with Crippen LogP contribution in [0.15, 0.2) is 24.3 Å². The number of carbonyl (C=O) groups is 2. The van der Waals surface area contributed by atoms with Gasteiger partial charge in [0.25, 0.3) is 0 Å². The average molecular weight is 358 g/mol. The molecule has 0 aliphatic carbocycles. The molecule has 1 saturated heterocycles. The summed E-state index contributed by atoms with van der Waals surface area (Å²) in [6.45, 7) is 3.98. The van der Waals surface area contributed by atoms with Gasteiger partial charge < -0.3 is 5.32 Å². The van der Waals surface area contributed by atoms with Crippen molar-refractivity contribution in [2.75, 3.05) is 11.4 Å². The zero-order valence-corrected chi connectivity index (χ0v) is 12.5. The summed E-state index contributed by atoms with van der Waals surface area (Å²) >= 11 is 2.19. The van der Waals surface area contributed by atoms with Gasteiger partial charge in [-0.3, -0.25) is 14.5 Å². The van der Waals surface area contributed by atoms with Crippen molar-refractivity contribution in [3.8, 4) is 0 Å². The second-order valence-corrected chi connectivity index (χ2v) is 5.78. The SMILES string of the molecule is CC(C)C1C(=O)NCC(=O)N1c1ccccc1I. The lowest BCUT2D eigenvalue weighted by Gasteiger charge is -2.37. The van der Waals surface area contributed by atoms with Crippen molar-refractivity contribution >= 4 is 40.1 Å². The molecule has 4 nitrogen and oxygen atoms in total. The van der Waals surface area contributed by atoms with Crippen LogP contribution >= 0.6 is 22.6 Å². The van der Waals surface area contributed by atoms with E-state index < -0.39 is 6.04 Å². The van der Waals surface area contributed by atoms with Gasteiger partial charge in [0, 0.05) is 3.57 Å². The van der Waals surface area contributed by atoms with Crippen LogP contribution in [0.2, 0.25) is 0 Å². The fourth-order valence-corrected chi connectivity index (χ4v) is 2.80. The highest BCUT2D eigenvalue weighted by Gasteiger charge is 2.38. The molecule has 2 amide bonds. The smallest absolute Gasteiger partial charge is 0.247 e. The number of hydrogen-bond acceptors (Lipinski definition) is 2. The number of anilines is 1. The van der Waals surface area contributed by atoms with Crippen molar-refractivity contribution in [2.24, 2.45) is 5.92 Å². The fraction of sp³-hybridized carbons (Fsp3) is 0.385. The number of carbonyl (C=O) groups excluding carboxylic acids is 2. The minimum absolute atomic E-state index is 0.0579. The summed E-state index contributed by atoms with van der Waals surface area (Å²) in [6.07, 6.45) is 0. The van der Waals surface area contributed by atoms with E-state index >= 15 is 0 Å². The zero-order valence-electron chi connectivity index (χ0n) is 10.3. The van der Waals surface area contributed by atoms with Gasteiger partial charge in [0.05, 0.1) is 12.2 Å². The van der Waals surface area contributed by atoms with E-state index in [-0.39, 0.29) is 24.3 Å². The molecule has 1 aromatic rings. The van der Waals surface area contributed by atoms with Crippen molar-refractivity contribution in [3.05, 3.63) is 27.8 Å². The second kappa shape index (κ2) is 5.26. The Balaban J connectivity index is 2.47. The molecule has 0 bridgehead atoms. The van der Waals surface area contributed by atoms with Crippen molar-refractivity contribution in [1.82, 2.24) is 5.32 Å². The molecule has 1 aromatic carbocycles. The summed E-state index contributed by atoms with van der Waals surface area (Å²) in [6, 6.07) is 7.20. The number of para-hydroxylation sites is 1. The fourth-order valence-electron chi connectivity index (χ4n) is 2.16. The summed E-state index contributed by atoms with van der Waals surface area (Å²) in [5.41, 5.74) is 0.816. The van der Waals surface area contributed by atoms with E-state index in [0.717, 1.165) is 9.26 Å². The molecule has 1 unspecified atom stereocenters. The molecule has 2 rings (SSSR count). The Labute approximate surface area is 120 Å². The molecule has 96 valence electrons. The normalized spacial score (nSPS) is 20.2. The zero-order chi connectivity index (χ0) is 13.3. The van der Waals surface area contributed by atoms with Crippen molar-refractivity contribution < 1.29 is 9.59 Å². The summed E-state index contributed by atoms with van der Waals surface area (Å²) in [5, 5.41) is 2.65. The summed E-state index contributed by atoms with van der Waals surface area (Å²) in [5.74, 6) is -0.0630. The van der Waals surface area contributed by atoms with Gasteiger partial charge in [-0.1, -0.05) is 26.0 Å². The van der Waals surface area contributed by atoms with Crippen LogP contribution in [0.25, 0.3) is 0 Å². The van der Waals surface area contributed by atoms with Gasteiger partial charge >= 0.3 is 0 Å². The molecule has 0 spiro atoms. The number of halogens is 1. The molecule has 0 radical (unpaired) electrons. The minimum Gasteiger partial charge on any atom is -0.345 e. The minimum atomic E-state index is -0.429. The lowest BCUT2D eigenvalue weighted by atomic mass is 9.98. The quantitative estimate of drug-likeness (QED) is 0.820. The van der Waals surface area contributed by atoms with Crippen LogP contribution in [0.5, 0.6) is 0 Å². The molecule has 5 heteroatoms. The third-order valence-corrected chi connectivity index (χ3v) is 3.89. The lowest BCUT2D eigenvalue weighted by molar-refractivity contribution is -0.131. The predicted molar refractivity (Wildman–Crippen MR) is 78.3 cm³/mol. The summed E-state index contributed by atoms with van der Waals surface area (Å²) in [7, 11) is 0. The number of nitrogens with zero attached hydrogens (tertiary/aromatic N) is 1. The average Bonchev–Trinajstić information content (AvgIpc) is 2.32. The predicted octanol–water partition coefficient (Wildman–Crippen LogP) is 1.78. The number of piperazine rings is 1. The molecular weight excluding hydrogens is 343 g/mol. The topological polar surface area (TPSA) is 49.4 Å². The lowest BCUT2D eigenvalue weighted by Crippen LogP contribution is -2.60. The third kappa shape index (κ3) is 2.36. The Morgan fingerprint density at radius 2 is 2.00 bits per heavy atom. The first-order valence-corrected chi connectivity index (χ1v) is 6.94. The first-order valence-electron chi connectivity index (χ1n) is 5.86. The number of benzene rings is 1. The number of hydrogen-bond donors (Lipinski definition) is 1. The van der Waals surface area contributed by atoms with Crippen molar-refractivity contribution in [1.29, 1.82) is 0 Å². The molecule has 1 N–H and O–H groups in total. The van der Waals surface area contributed by atoms with Crippen molar-refractivity contribution in [2.45, 2.75) is 19.9 Å². The van der Waals surface area contributed by atoms with Crippen LogP contribution < -0.4 is 10.2 Å². The van der Waals surface area contributed by atoms with Crippen LogP contribution in [-0.2, 0) is 9.59 Å². The monoisotopic (exact) mass is 358 g/mol. The highest BCUT2D eigenvalue weighted by atomic mass is 127. The van der Waals surface area contributed by atoms with Crippen LogP contribution in [0.4, 0.5) is 5.69 Å². The van der Waals surface area contributed by atoms with E-state index in [0.29, 0.717) is 0 Å². The van der Waals surface area contributed by atoms with Crippen LogP contribution in [0.1, 0.15) is 13.8 Å². The van der Waals surface area contributed by atoms with Gasteiger partial charge in [-0.25, -0.2) is 0 Å². The van der Waals surface area contributed by atoms with E-state index in [2.05, 4.69) is 27.9 Å². The molecule has 0 aromatic heterocycles. The van der Waals surface area contributed by atoms with Gasteiger partial charge in [0.15, 0.2) is 0 Å². The number of nitrogens with one attached hydrogen (secondary N) is 1. The van der Waals surface area contributed by atoms with E-state index in [1.807, 2.05) is 38.1 Å². The summed E-state index contributed by atoms with van der Waals surface area (Å²) < 4.78 is 0.976. The molecular formula is C13H15IN2O2. The standard InChI is InChI=1S/C13H15IN2O2/c1-8(2)12-13(18)15-7-11(17)16(12)10-6-4-3-5-9(10)14/h3-6,8,12H,7H2,1-2H3,(H,15,18). The Kier molecular flexibility index (Phi) is 3.89. The summed E-state index contributed by atoms with van der Waals surface area (Å²) in [4.78, 5) is 25.7. The maximum absolute atomic E-state index is 12.1. The maximum Gasteiger partial charge on any atom is 0.247 e. The molecule has 1 fully saturated rings. The number of amides is 2. The largest absolute Gasteiger partial charge is 0.345 e. The Morgan fingerprint density at radius 1 is 1.33 bits per heavy atom. The second-order valence-electron chi connectivity index (χ2n) is 4.62. The van der Waals surface area contributed by atoms with Gasteiger partial charge in [0.2, 0.25) is 11.8 Å². The van der Waals surface area contributed by atoms with Crippen LogP contribution in [-0.4, -0.2) is 24.4 Å². The molecule has 1 atom stereocenters. The van der Waals surface area contributed by atoms with Gasteiger partial charge in [0.1, 0.15) is 6.04 Å². The Morgan fingerprint density at radius 3 is 2.61 bits per heavy atom. The van der Waals surface area contributed by atoms with E-state index in [4.69, 9.17) is 0 Å². The Hall–Kier alpha value is -1.11. The van der Waals surface area contributed by atoms with E-state index in [9.17, 15) is 9.59 Å². The van der Waals surface area contributed by atoms with Gasteiger partial charge in [-0.15, -0.1) is 0 Å². The third-order valence-electron chi connectivity index (χ3n) is 2.97. The maximum atomic E-state index is 12.1. The first kappa shape index (κ1) is 13.3. The van der Waals surface area contributed by atoms with Crippen molar-refractivity contribution in [3.63, 3.8) is 0 Å². The van der Waals surface area contributed by atoms with Crippen LogP contribution in [0, 0.1) is 9.49 Å². The van der Waals surface area contributed by atoms with E-state index in [1.165, 1.54) is 0 Å². The highest BCUT2D eigenvalue weighted by molar-refractivity contribution is 14.1. The first-order chi connectivity index (χ1) is 8.52. The van der Waals surface area contributed by atoms with Gasteiger partial charge in [-0.05, 0) is 40.6 Å². The Bertz CT molecular complexity index is 488. The van der Waals surface area contributed by atoms with Crippen LogP contribution in [0.3, 0.4) is 0 Å².